The van der Waals surface area contributed by atoms with Crippen LogP contribution >= 0.6 is 0 Å². The number of rotatable bonds is 7. The molecule has 30 heavy (non-hydrogen) atoms. The summed E-state index contributed by atoms with van der Waals surface area (Å²) in [6.45, 7) is 2.86. The molecule has 2 N–H and O–H groups in total. The summed E-state index contributed by atoms with van der Waals surface area (Å²) in [5.74, 6) is -3.00. The van der Waals surface area contributed by atoms with Crippen molar-refractivity contribution in [1.82, 2.24) is 4.98 Å². The molecule has 0 aliphatic rings. The molecule has 1 aromatic heterocycles. The summed E-state index contributed by atoms with van der Waals surface area (Å²) in [4.78, 5) is 15.8. The summed E-state index contributed by atoms with van der Waals surface area (Å²) in [5.41, 5.74) is 8.80. The van der Waals surface area contributed by atoms with Crippen molar-refractivity contribution < 1.29 is 23.0 Å². The van der Waals surface area contributed by atoms with Gasteiger partial charge in [-0.2, -0.15) is 0 Å². The minimum atomic E-state index is -3.01. The number of nitrogens with two attached hydrogens (primary N) is 1. The Hall–Kier alpha value is -3.48. The lowest BCUT2D eigenvalue weighted by Crippen LogP contribution is -2.12. The predicted octanol–water partition coefficient (Wildman–Crippen LogP) is 4.86. The van der Waals surface area contributed by atoms with Gasteiger partial charge in [-0.05, 0) is 54.4 Å². The molecule has 0 radical (unpaired) electrons. The van der Waals surface area contributed by atoms with Gasteiger partial charge in [0.25, 0.3) is 5.92 Å². The topological polar surface area (TPSA) is 74.4 Å². The molecule has 1 amide bonds. The quantitative estimate of drug-likeness (QED) is 0.602. The van der Waals surface area contributed by atoms with Crippen molar-refractivity contribution in [3.63, 3.8) is 0 Å². The molecule has 5 nitrogen and oxygen atoms in total. The maximum Gasteiger partial charge on any atom is 0.274 e. The highest BCUT2D eigenvalue weighted by Gasteiger charge is 2.28. The Bertz CT molecular complexity index is 1080. The van der Waals surface area contributed by atoms with Crippen molar-refractivity contribution in [2.45, 2.75) is 26.4 Å². The minimum Gasteiger partial charge on any atom is -0.496 e. The van der Waals surface area contributed by atoms with E-state index in [0.717, 1.165) is 23.6 Å². The Balaban J connectivity index is 1.78. The van der Waals surface area contributed by atoms with Gasteiger partial charge in [0, 0.05) is 30.3 Å². The van der Waals surface area contributed by atoms with Crippen molar-refractivity contribution in [2.75, 3.05) is 7.11 Å². The number of primary amides is 1. The van der Waals surface area contributed by atoms with Crippen LogP contribution < -0.4 is 15.2 Å². The Kier molecular flexibility index (Phi) is 6.01. The number of benzene rings is 2. The minimum absolute atomic E-state index is 0.0698. The van der Waals surface area contributed by atoms with Crippen LogP contribution in [0.25, 0.3) is 11.3 Å². The molecule has 0 atom stereocenters. The molecule has 0 bridgehead atoms. The summed E-state index contributed by atoms with van der Waals surface area (Å²) in [5, 5.41) is 0. The van der Waals surface area contributed by atoms with Crippen molar-refractivity contribution in [3.05, 3.63) is 77.0 Å². The number of hydrogen-bond acceptors (Lipinski definition) is 4. The van der Waals surface area contributed by atoms with Gasteiger partial charge in [-0.25, -0.2) is 8.78 Å². The van der Waals surface area contributed by atoms with Gasteiger partial charge >= 0.3 is 0 Å². The molecule has 0 aliphatic carbocycles. The first-order valence-electron chi connectivity index (χ1n) is 9.24. The first-order chi connectivity index (χ1) is 14.2. The van der Waals surface area contributed by atoms with Gasteiger partial charge in [-0.15, -0.1) is 0 Å². The van der Waals surface area contributed by atoms with Gasteiger partial charge in [0.2, 0.25) is 5.91 Å². The smallest absolute Gasteiger partial charge is 0.274 e. The lowest BCUT2D eigenvalue weighted by atomic mass is 10.0. The number of carbonyl (C=O) groups is 1. The summed E-state index contributed by atoms with van der Waals surface area (Å²) >= 11 is 0. The van der Waals surface area contributed by atoms with E-state index in [0.29, 0.717) is 17.0 Å². The fraction of sp³-hybridized carbons (Fsp3) is 0.217. The zero-order valence-corrected chi connectivity index (χ0v) is 16.9. The first-order valence-corrected chi connectivity index (χ1v) is 9.24. The average Bonchev–Trinajstić information content (AvgIpc) is 2.71. The Morgan fingerprint density at radius 2 is 1.90 bits per heavy atom. The SMILES string of the molecule is COc1cc(OCc2ccnc(-c3ccc(C(N)=O)c(C)c3)c2)ccc1C(C)(F)F. The van der Waals surface area contributed by atoms with Crippen LogP contribution in [0, 0.1) is 6.92 Å². The second kappa shape index (κ2) is 8.49. The van der Waals surface area contributed by atoms with Crippen LogP contribution in [0.3, 0.4) is 0 Å². The Morgan fingerprint density at radius 1 is 1.13 bits per heavy atom. The zero-order valence-electron chi connectivity index (χ0n) is 16.9. The second-order valence-corrected chi connectivity index (χ2v) is 6.98. The molecule has 3 aromatic rings. The molecule has 0 fully saturated rings. The molecule has 0 saturated carbocycles. The predicted molar refractivity (Wildman–Crippen MR) is 110 cm³/mol. The lowest BCUT2D eigenvalue weighted by molar-refractivity contribution is 0.0150. The summed E-state index contributed by atoms with van der Waals surface area (Å²) < 4.78 is 38.1. The molecule has 1 heterocycles. The van der Waals surface area contributed by atoms with E-state index in [1.54, 1.807) is 24.4 Å². The molecule has 2 aromatic carbocycles. The molecule has 0 spiro atoms. The van der Waals surface area contributed by atoms with Crippen molar-refractivity contribution in [3.8, 4) is 22.8 Å². The maximum atomic E-state index is 13.6. The van der Waals surface area contributed by atoms with Crippen LogP contribution in [0.5, 0.6) is 11.5 Å². The van der Waals surface area contributed by atoms with Crippen LogP contribution in [0.4, 0.5) is 8.78 Å². The van der Waals surface area contributed by atoms with Crippen molar-refractivity contribution in [2.24, 2.45) is 5.73 Å². The van der Waals surface area contributed by atoms with Crippen LogP contribution in [0.2, 0.25) is 0 Å². The Labute approximate surface area is 173 Å². The number of halogens is 2. The van der Waals surface area contributed by atoms with Crippen LogP contribution in [0.1, 0.15) is 34.0 Å². The van der Waals surface area contributed by atoms with E-state index in [1.807, 2.05) is 19.1 Å². The average molecular weight is 412 g/mol. The van der Waals surface area contributed by atoms with E-state index in [9.17, 15) is 13.6 Å². The van der Waals surface area contributed by atoms with E-state index in [2.05, 4.69) is 4.98 Å². The van der Waals surface area contributed by atoms with Crippen LogP contribution in [0.15, 0.2) is 54.7 Å². The molecule has 0 saturated heterocycles. The normalized spacial score (nSPS) is 11.2. The zero-order chi connectivity index (χ0) is 21.9. The number of hydrogen-bond donors (Lipinski definition) is 1. The molecule has 3 rings (SSSR count). The van der Waals surface area contributed by atoms with Gasteiger partial charge in [0.1, 0.15) is 18.1 Å². The number of aryl methyl sites for hydroxylation is 1. The first kappa shape index (κ1) is 21.2. The molecule has 0 unspecified atom stereocenters. The number of methoxy groups -OCH3 is 1. The van der Waals surface area contributed by atoms with Crippen LogP contribution in [-0.4, -0.2) is 18.0 Å². The fourth-order valence-corrected chi connectivity index (χ4v) is 3.11. The highest BCUT2D eigenvalue weighted by atomic mass is 19.3. The number of alkyl halides is 2. The highest BCUT2D eigenvalue weighted by Crippen LogP contribution is 2.36. The number of nitrogens with zero attached hydrogens (tertiary/aromatic N) is 1. The number of amides is 1. The number of pyridine rings is 1. The van der Waals surface area contributed by atoms with Gasteiger partial charge < -0.3 is 15.2 Å². The largest absolute Gasteiger partial charge is 0.496 e. The highest BCUT2D eigenvalue weighted by molar-refractivity contribution is 5.94. The van der Waals surface area contributed by atoms with Gasteiger partial charge in [-0.1, -0.05) is 6.07 Å². The number of aromatic nitrogens is 1. The third-order valence-corrected chi connectivity index (χ3v) is 4.66. The Morgan fingerprint density at radius 3 is 2.53 bits per heavy atom. The van der Waals surface area contributed by atoms with E-state index in [1.165, 1.54) is 25.3 Å². The number of ether oxygens (including phenoxy) is 2. The van der Waals surface area contributed by atoms with E-state index < -0.39 is 11.8 Å². The third-order valence-electron chi connectivity index (χ3n) is 4.66. The number of carbonyl (C=O) groups excluding carboxylic acids is 1. The molecule has 7 heteroatoms. The standard InChI is InChI=1S/C23H22F2N2O3/c1-14-10-16(4-6-18(14)22(26)28)20-11-15(8-9-27-20)13-30-17-5-7-19(23(2,24)25)21(12-17)29-3/h4-12H,13H2,1-3H3,(H2,26,28). The van der Waals surface area contributed by atoms with E-state index in [-0.39, 0.29) is 17.9 Å². The summed E-state index contributed by atoms with van der Waals surface area (Å²) in [6.07, 6.45) is 1.66. The molecule has 0 aliphatic heterocycles. The lowest BCUT2D eigenvalue weighted by Gasteiger charge is -2.16. The monoisotopic (exact) mass is 412 g/mol. The van der Waals surface area contributed by atoms with Crippen LogP contribution in [-0.2, 0) is 12.5 Å². The third kappa shape index (κ3) is 4.74. The van der Waals surface area contributed by atoms with Gasteiger partial charge in [0.15, 0.2) is 0 Å². The fourth-order valence-electron chi connectivity index (χ4n) is 3.11. The van der Waals surface area contributed by atoms with Gasteiger partial charge in [0.05, 0.1) is 18.4 Å². The van der Waals surface area contributed by atoms with Crippen molar-refractivity contribution in [1.29, 1.82) is 0 Å². The van der Waals surface area contributed by atoms with Gasteiger partial charge in [-0.3, -0.25) is 9.78 Å². The summed E-state index contributed by atoms with van der Waals surface area (Å²) in [7, 11) is 1.34. The molecular formula is C23H22F2N2O3. The summed E-state index contributed by atoms with van der Waals surface area (Å²) in [6, 6.07) is 13.2. The van der Waals surface area contributed by atoms with E-state index in [4.69, 9.17) is 15.2 Å². The van der Waals surface area contributed by atoms with Crippen molar-refractivity contribution >= 4 is 5.91 Å². The second-order valence-electron chi connectivity index (χ2n) is 6.98. The molecule has 156 valence electrons. The maximum absolute atomic E-state index is 13.6. The molecular weight excluding hydrogens is 390 g/mol. The van der Waals surface area contributed by atoms with E-state index >= 15 is 0 Å².